The van der Waals surface area contributed by atoms with Crippen LogP contribution in [-0.2, 0) is 11.2 Å². The van der Waals surface area contributed by atoms with Gasteiger partial charge in [0, 0.05) is 41.7 Å². The molecule has 0 aliphatic carbocycles. The summed E-state index contributed by atoms with van der Waals surface area (Å²) in [6.45, 7) is 4.57. The molecule has 228 valence electrons. The number of ether oxygens (including phenoxy) is 1. The van der Waals surface area contributed by atoms with E-state index in [1.807, 2.05) is 0 Å². The van der Waals surface area contributed by atoms with Crippen LogP contribution in [0.15, 0.2) is 30.3 Å². The fraction of sp³-hybridized carbons (Fsp3) is 0.500. The quantitative estimate of drug-likeness (QED) is 0.330. The fourth-order valence-corrected chi connectivity index (χ4v) is 5.91. The summed E-state index contributed by atoms with van der Waals surface area (Å²) in [5.41, 5.74) is -0.469. The van der Waals surface area contributed by atoms with E-state index in [-0.39, 0.29) is 36.3 Å². The van der Waals surface area contributed by atoms with E-state index in [4.69, 9.17) is 4.74 Å². The molecule has 1 unspecified atom stereocenters. The van der Waals surface area contributed by atoms with Crippen LogP contribution < -0.4 is 0 Å². The van der Waals surface area contributed by atoms with Crippen LogP contribution in [0.5, 0.6) is 0 Å². The summed E-state index contributed by atoms with van der Waals surface area (Å²) in [5, 5.41) is 20.6. The Hall–Kier alpha value is -3.22. The smallest absolute Gasteiger partial charge is 0.410 e. The predicted molar refractivity (Wildman–Crippen MR) is 145 cm³/mol. The van der Waals surface area contributed by atoms with E-state index in [9.17, 15) is 28.2 Å². The molecule has 0 bridgehead atoms. The van der Waals surface area contributed by atoms with Crippen LogP contribution in [0.1, 0.15) is 62.2 Å². The first-order chi connectivity index (χ1) is 19.6. The molecular weight excluding hydrogens is 561 g/mol. The van der Waals surface area contributed by atoms with Gasteiger partial charge < -0.3 is 24.8 Å². The molecule has 2 aliphatic rings. The normalized spacial score (nSPS) is 20.9. The number of nitrogens with one attached hydrogen (secondary N) is 1. The zero-order chi connectivity index (χ0) is 30.7. The molecule has 42 heavy (non-hydrogen) atoms. The highest BCUT2D eigenvalue weighted by Gasteiger charge is 2.44. The Kier molecular flexibility index (Phi) is 7.78. The molecule has 0 radical (unpaired) electrons. The number of carbonyl (C=O) groups excluding carboxylic acids is 1. The number of likely N-dealkylation sites (tertiary alicyclic amines) is 1. The number of halogens is 5. The number of alkyl halides is 2. The summed E-state index contributed by atoms with van der Waals surface area (Å²) in [4.78, 5) is 17.7. The van der Waals surface area contributed by atoms with E-state index in [1.165, 1.54) is 21.9 Å². The molecule has 0 spiro atoms. The van der Waals surface area contributed by atoms with Gasteiger partial charge in [-0.05, 0) is 63.4 Å². The van der Waals surface area contributed by atoms with Crippen molar-refractivity contribution in [1.82, 2.24) is 14.8 Å². The second-order valence-electron chi connectivity index (χ2n) is 12.3. The Morgan fingerprint density at radius 1 is 1.12 bits per heavy atom. The number of H-pyrrole nitrogens is 1. The number of amides is 1. The lowest BCUT2D eigenvalue weighted by Gasteiger charge is -2.43. The van der Waals surface area contributed by atoms with Crippen LogP contribution in [0.4, 0.5) is 26.7 Å². The summed E-state index contributed by atoms with van der Waals surface area (Å²) in [6.07, 6.45) is -1.66. The van der Waals surface area contributed by atoms with Crippen molar-refractivity contribution in [3.63, 3.8) is 0 Å². The van der Waals surface area contributed by atoms with Crippen molar-refractivity contribution in [3.05, 3.63) is 70.2 Å². The highest BCUT2D eigenvalue weighted by Crippen LogP contribution is 2.44. The number of aromatic amines is 1. The minimum Gasteiger partial charge on any atom is -0.444 e. The second kappa shape index (κ2) is 10.8. The van der Waals surface area contributed by atoms with Crippen LogP contribution in [0.2, 0.25) is 0 Å². The number of nitrogens with zero attached hydrogens (tertiary/aromatic N) is 2. The fourth-order valence-electron chi connectivity index (χ4n) is 5.91. The Labute approximate surface area is 239 Å². The van der Waals surface area contributed by atoms with Gasteiger partial charge in [0.1, 0.15) is 29.7 Å². The van der Waals surface area contributed by atoms with Gasteiger partial charge in [-0.1, -0.05) is 12.1 Å². The number of benzene rings is 2. The van der Waals surface area contributed by atoms with E-state index in [0.717, 1.165) is 12.1 Å². The Morgan fingerprint density at radius 3 is 2.36 bits per heavy atom. The first kappa shape index (κ1) is 30.2. The number of rotatable bonds is 6. The average molecular weight is 596 g/mol. The van der Waals surface area contributed by atoms with Gasteiger partial charge in [0.15, 0.2) is 0 Å². The van der Waals surface area contributed by atoms with Crippen molar-refractivity contribution in [1.29, 1.82) is 0 Å². The van der Waals surface area contributed by atoms with Crippen molar-refractivity contribution < 1.29 is 41.7 Å². The lowest BCUT2D eigenvalue weighted by molar-refractivity contribution is -0.0869. The van der Waals surface area contributed by atoms with Crippen LogP contribution >= 0.6 is 0 Å². The third kappa shape index (κ3) is 5.59. The zero-order valence-corrected chi connectivity index (χ0v) is 23.7. The topological polar surface area (TPSA) is 89.0 Å². The maximum absolute atomic E-state index is 15.9. The molecule has 1 aromatic heterocycles. The largest absolute Gasteiger partial charge is 0.444 e. The van der Waals surface area contributed by atoms with Gasteiger partial charge in [0.2, 0.25) is 0 Å². The van der Waals surface area contributed by atoms with E-state index < -0.39 is 77.9 Å². The summed E-state index contributed by atoms with van der Waals surface area (Å²) >= 11 is 0. The summed E-state index contributed by atoms with van der Waals surface area (Å²) < 4.78 is 80.8. The first-order valence-electron chi connectivity index (χ1n) is 13.8. The van der Waals surface area contributed by atoms with Gasteiger partial charge in [-0.2, -0.15) is 0 Å². The summed E-state index contributed by atoms with van der Waals surface area (Å²) in [7, 11) is 0. The number of fused-ring (bicyclic) bond motifs is 3. The monoisotopic (exact) mass is 595 g/mol. The van der Waals surface area contributed by atoms with E-state index >= 15 is 8.78 Å². The molecule has 5 rings (SSSR count). The molecule has 3 aromatic rings. The van der Waals surface area contributed by atoms with Crippen molar-refractivity contribution >= 4 is 17.0 Å². The predicted octanol–water partition coefficient (Wildman–Crippen LogP) is 5.45. The van der Waals surface area contributed by atoms with Crippen molar-refractivity contribution in [3.8, 4) is 0 Å². The molecule has 1 amide bonds. The zero-order valence-electron chi connectivity index (χ0n) is 23.7. The van der Waals surface area contributed by atoms with Crippen molar-refractivity contribution in [2.75, 3.05) is 26.2 Å². The van der Waals surface area contributed by atoms with E-state index in [1.54, 1.807) is 33.8 Å². The SMILES string of the molecule is C[C@H]1Cc2c([nH]c3c(F)cccc23)[C@@H](c2c(F)cc(C(O)C3CN(C(=O)OC(C)(C)C)C3)cc2F)N1CC(F)(F)CO. The van der Waals surface area contributed by atoms with Crippen molar-refractivity contribution in [2.45, 2.75) is 63.8 Å². The van der Waals surface area contributed by atoms with Crippen LogP contribution in [0.25, 0.3) is 10.9 Å². The number of aliphatic hydroxyl groups excluding tert-OH is 2. The molecule has 0 saturated carbocycles. The maximum Gasteiger partial charge on any atom is 0.410 e. The number of aromatic nitrogens is 1. The molecule has 3 N–H and O–H groups in total. The van der Waals surface area contributed by atoms with Gasteiger partial charge in [-0.25, -0.2) is 26.7 Å². The van der Waals surface area contributed by atoms with Gasteiger partial charge in [-0.3, -0.25) is 4.90 Å². The summed E-state index contributed by atoms with van der Waals surface area (Å²) in [5.74, 6) is -6.82. The van der Waals surface area contributed by atoms with Crippen molar-refractivity contribution in [2.24, 2.45) is 5.92 Å². The molecule has 2 aromatic carbocycles. The molecule has 1 fully saturated rings. The van der Waals surface area contributed by atoms with Gasteiger partial charge in [-0.15, -0.1) is 0 Å². The first-order valence-corrected chi connectivity index (χ1v) is 13.8. The van der Waals surface area contributed by atoms with E-state index in [2.05, 4.69) is 4.98 Å². The third-order valence-electron chi connectivity index (χ3n) is 7.96. The van der Waals surface area contributed by atoms with Crippen LogP contribution in [-0.4, -0.2) is 74.9 Å². The van der Waals surface area contributed by atoms with Crippen LogP contribution in [0, 0.1) is 23.4 Å². The lowest BCUT2D eigenvalue weighted by atomic mass is 9.85. The number of para-hydroxylation sites is 1. The van der Waals surface area contributed by atoms with Gasteiger partial charge in [0.25, 0.3) is 5.92 Å². The molecule has 3 heterocycles. The Bertz CT molecular complexity index is 1480. The number of carbonyl (C=O) groups is 1. The number of hydrogen-bond donors (Lipinski definition) is 3. The third-order valence-corrected chi connectivity index (χ3v) is 7.96. The molecular formula is C30H34F5N3O4. The summed E-state index contributed by atoms with van der Waals surface area (Å²) in [6, 6.07) is 4.25. The molecule has 12 heteroatoms. The number of aliphatic hydroxyl groups is 2. The highest BCUT2D eigenvalue weighted by molar-refractivity contribution is 5.86. The molecule has 7 nitrogen and oxygen atoms in total. The van der Waals surface area contributed by atoms with Gasteiger partial charge >= 0.3 is 6.09 Å². The minimum absolute atomic E-state index is 0.0680. The minimum atomic E-state index is -3.57. The molecule has 1 saturated heterocycles. The second-order valence-corrected chi connectivity index (χ2v) is 12.3. The van der Waals surface area contributed by atoms with Crippen LogP contribution in [0.3, 0.4) is 0 Å². The Morgan fingerprint density at radius 2 is 1.76 bits per heavy atom. The number of hydrogen-bond acceptors (Lipinski definition) is 5. The maximum atomic E-state index is 15.9. The average Bonchev–Trinajstić information content (AvgIpc) is 3.22. The molecule has 2 aliphatic heterocycles. The molecule has 3 atom stereocenters. The Balaban J connectivity index is 1.50. The lowest BCUT2D eigenvalue weighted by Crippen LogP contribution is -2.53. The highest BCUT2D eigenvalue weighted by atomic mass is 19.3. The standard InChI is InChI=1S/C30H34F5N3O4/c1-15-8-19-18-6-5-7-20(31)24(18)36-25(19)26(38(15)13-30(34,35)14-39)23-21(32)9-16(10-22(23)33)27(40)17-11-37(12-17)28(41)42-29(2,3)4/h5-7,9-10,15,17,26-27,36,39-40H,8,11-14H2,1-4H3/t15-,26+,27?/m0/s1. The van der Waals surface area contributed by atoms with E-state index in [0.29, 0.717) is 10.9 Å². The van der Waals surface area contributed by atoms with Gasteiger partial charge in [0.05, 0.1) is 24.2 Å².